The van der Waals surface area contributed by atoms with E-state index in [2.05, 4.69) is 24.3 Å². The molecule has 0 saturated carbocycles. The number of likely N-dealkylation sites (tertiary alicyclic amines) is 1. The van der Waals surface area contributed by atoms with Crippen molar-refractivity contribution in [2.45, 2.75) is 70.4 Å². The van der Waals surface area contributed by atoms with Gasteiger partial charge in [0.2, 0.25) is 0 Å². The molecule has 4 rings (SSSR count). The Bertz CT molecular complexity index is 953. The Hall–Kier alpha value is -2.57. The van der Waals surface area contributed by atoms with Crippen LogP contribution in [0.25, 0.3) is 0 Å². The number of carbonyl (C=O) groups is 1. The molecule has 184 valence electrons. The molecule has 6 nitrogen and oxygen atoms in total. The summed E-state index contributed by atoms with van der Waals surface area (Å²) in [5, 5.41) is 0. The molecule has 0 bridgehead atoms. The van der Waals surface area contributed by atoms with Crippen LogP contribution in [0.15, 0.2) is 48.5 Å². The normalized spacial score (nSPS) is 22.1. The molecule has 2 aliphatic heterocycles. The third kappa shape index (κ3) is 5.56. The van der Waals surface area contributed by atoms with Gasteiger partial charge < -0.3 is 23.8 Å². The second-order valence-electron chi connectivity index (χ2n) is 9.54. The van der Waals surface area contributed by atoms with Crippen LogP contribution in [0.5, 0.6) is 11.5 Å². The number of nitrogens with zero attached hydrogens (tertiary/aromatic N) is 1. The van der Waals surface area contributed by atoms with Gasteiger partial charge in [0, 0.05) is 38.1 Å². The maximum absolute atomic E-state index is 13.3. The minimum absolute atomic E-state index is 0.0148. The van der Waals surface area contributed by atoms with Crippen LogP contribution in [0.2, 0.25) is 0 Å². The number of amides is 1. The monoisotopic (exact) mass is 467 g/mol. The van der Waals surface area contributed by atoms with Gasteiger partial charge in [-0.2, -0.15) is 0 Å². The molecule has 2 aliphatic rings. The molecule has 34 heavy (non-hydrogen) atoms. The van der Waals surface area contributed by atoms with E-state index in [0.717, 1.165) is 25.7 Å². The maximum Gasteiger partial charge on any atom is 0.253 e. The van der Waals surface area contributed by atoms with Gasteiger partial charge in [0.25, 0.3) is 5.91 Å². The number of piperidine rings is 1. The van der Waals surface area contributed by atoms with Gasteiger partial charge in [-0.1, -0.05) is 30.3 Å². The molecule has 2 heterocycles. The summed E-state index contributed by atoms with van der Waals surface area (Å²) >= 11 is 0. The van der Waals surface area contributed by atoms with Crippen molar-refractivity contribution in [2.75, 3.05) is 26.8 Å². The molecule has 1 spiro atoms. The van der Waals surface area contributed by atoms with Crippen LogP contribution in [0.3, 0.4) is 0 Å². The summed E-state index contributed by atoms with van der Waals surface area (Å²) in [7, 11) is 1.60. The second-order valence-corrected chi connectivity index (χ2v) is 9.54. The number of methoxy groups -OCH3 is 1. The van der Waals surface area contributed by atoms with Gasteiger partial charge in [-0.25, -0.2) is 0 Å². The molecule has 6 heteroatoms. The number of benzene rings is 2. The predicted molar refractivity (Wildman–Crippen MR) is 132 cm³/mol. The van der Waals surface area contributed by atoms with E-state index in [-0.39, 0.29) is 29.8 Å². The predicted octanol–water partition coefficient (Wildman–Crippen LogP) is 5.41. The summed E-state index contributed by atoms with van der Waals surface area (Å²) in [4.78, 5) is 15.2. The van der Waals surface area contributed by atoms with Gasteiger partial charge in [-0.3, -0.25) is 4.79 Å². The van der Waals surface area contributed by atoms with Crippen LogP contribution >= 0.6 is 0 Å². The van der Waals surface area contributed by atoms with Crippen molar-refractivity contribution in [3.05, 3.63) is 59.7 Å². The molecule has 2 aromatic carbocycles. The Morgan fingerprint density at radius 2 is 1.85 bits per heavy atom. The van der Waals surface area contributed by atoms with E-state index in [1.165, 1.54) is 5.56 Å². The first-order valence-corrected chi connectivity index (χ1v) is 12.4. The molecule has 2 atom stereocenters. The van der Waals surface area contributed by atoms with Crippen LogP contribution in [-0.2, 0) is 9.47 Å². The lowest BCUT2D eigenvalue weighted by Crippen LogP contribution is -2.52. The summed E-state index contributed by atoms with van der Waals surface area (Å²) in [6, 6.07) is 15.8. The fraction of sp³-hybridized carbons (Fsp3) is 0.536. The first-order chi connectivity index (χ1) is 16.4. The van der Waals surface area contributed by atoms with Crippen molar-refractivity contribution in [3.63, 3.8) is 0 Å². The summed E-state index contributed by atoms with van der Waals surface area (Å²) in [5.41, 5.74) is 1.55. The topological polar surface area (TPSA) is 57.2 Å². The van der Waals surface area contributed by atoms with Crippen molar-refractivity contribution in [1.29, 1.82) is 0 Å². The molecule has 0 radical (unpaired) electrons. The van der Waals surface area contributed by atoms with Crippen molar-refractivity contribution in [1.82, 2.24) is 4.90 Å². The third-order valence-corrected chi connectivity index (χ3v) is 6.78. The molecular weight excluding hydrogens is 430 g/mol. The Balaban J connectivity index is 1.45. The molecule has 2 unspecified atom stereocenters. The average Bonchev–Trinajstić information content (AvgIpc) is 2.84. The van der Waals surface area contributed by atoms with E-state index >= 15 is 0 Å². The second kappa shape index (κ2) is 10.8. The fourth-order valence-electron chi connectivity index (χ4n) is 5.14. The third-order valence-electron chi connectivity index (χ3n) is 6.78. The van der Waals surface area contributed by atoms with Crippen molar-refractivity contribution in [3.8, 4) is 11.5 Å². The van der Waals surface area contributed by atoms with Gasteiger partial charge in [0.15, 0.2) is 11.5 Å². The highest BCUT2D eigenvalue weighted by Crippen LogP contribution is 2.44. The van der Waals surface area contributed by atoms with Crippen LogP contribution in [0.4, 0.5) is 0 Å². The Morgan fingerprint density at radius 3 is 2.50 bits per heavy atom. The maximum atomic E-state index is 13.3. The minimum Gasteiger partial charge on any atom is -0.493 e. The zero-order chi connectivity index (χ0) is 24.1. The van der Waals surface area contributed by atoms with Gasteiger partial charge in [0.1, 0.15) is 0 Å². The highest BCUT2D eigenvalue weighted by atomic mass is 16.5. The fourth-order valence-corrected chi connectivity index (χ4v) is 5.14. The van der Waals surface area contributed by atoms with Crippen LogP contribution in [-0.4, -0.2) is 55.4 Å². The first kappa shape index (κ1) is 24.6. The number of hydrogen-bond donors (Lipinski definition) is 0. The van der Waals surface area contributed by atoms with Gasteiger partial charge in [-0.05, 0) is 57.4 Å². The zero-order valence-electron chi connectivity index (χ0n) is 20.8. The summed E-state index contributed by atoms with van der Waals surface area (Å²) < 4.78 is 24.1. The van der Waals surface area contributed by atoms with E-state index in [4.69, 9.17) is 18.9 Å². The van der Waals surface area contributed by atoms with Gasteiger partial charge >= 0.3 is 0 Å². The molecule has 0 N–H and O–H groups in total. The van der Waals surface area contributed by atoms with E-state index < -0.39 is 0 Å². The quantitative estimate of drug-likeness (QED) is 0.545. The number of hydrogen-bond acceptors (Lipinski definition) is 5. The highest BCUT2D eigenvalue weighted by molar-refractivity contribution is 5.95. The SMILES string of the molecule is CCOC1CC(c2ccccc2)OC2(CCN(C(=O)c3ccc(OC(C)C)c(OC)c3)CC2)C1. The lowest BCUT2D eigenvalue weighted by molar-refractivity contribution is -0.190. The van der Waals surface area contributed by atoms with E-state index in [9.17, 15) is 4.79 Å². The molecule has 0 aromatic heterocycles. The van der Waals surface area contributed by atoms with Crippen molar-refractivity contribution in [2.24, 2.45) is 0 Å². The van der Waals surface area contributed by atoms with E-state index in [1.54, 1.807) is 13.2 Å². The molecule has 2 aromatic rings. The van der Waals surface area contributed by atoms with E-state index in [0.29, 0.717) is 36.8 Å². The average molecular weight is 468 g/mol. The standard InChI is InChI=1S/C28H37NO5/c1-5-32-23-18-25(21-9-7-6-8-10-21)34-28(19-23)13-15-29(16-14-28)27(30)22-11-12-24(33-20(2)3)26(17-22)31-4/h6-12,17,20,23,25H,5,13-16,18-19H2,1-4H3. The molecule has 1 amide bonds. The van der Waals surface area contributed by atoms with Crippen LogP contribution < -0.4 is 9.47 Å². The largest absolute Gasteiger partial charge is 0.493 e. The minimum atomic E-state index is -0.262. The van der Waals surface area contributed by atoms with Crippen molar-refractivity contribution < 1.29 is 23.7 Å². The Kier molecular flexibility index (Phi) is 7.79. The highest BCUT2D eigenvalue weighted by Gasteiger charge is 2.45. The summed E-state index contributed by atoms with van der Waals surface area (Å²) in [6.07, 6.45) is 3.57. The summed E-state index contributed by atoms with van der Waals surface area (Å²) in [6.45, 7) is 8.00. The van der Waals surface area contributed by atoms with Crippen molar-refractivity contribution >= 4 is 5.91 Å². The van der Waals surface area contributed by atoms with E-state index in [1.807, 2.05) is 43.9 Å². The van der Waals surface area contributed by atoms with Crippen LogP contribution in [0.1, 0.15) is 68.5 Å². The molecule has 2 saturated heterocycles. The Morgan fingerprint density at radius 1 is 1.12 bits per heavy atom. The zero-order valence-corrected chi connectivity index (χ0v) is 20.8. The Labute approximate surface area is 203 Å². The first-order valence-electron chi connectivity index (χ1n) is 12.4. The number of rotatable bonds is 7. The molecule has 0 aliphatic carbocycles. The number of carbonyl (C=O) groups excluding carboxylic acids is 1. The smallest absolute Gasteiger partial charge is 0.253 e. The van der Waals surface area contributed by atoms with Gasteiger partial charge in [0.05, 0.1) is 31.0 Å². The number of ether oxygens (including phenoxy) is 4. The lowest BCUT2D eigenvalue weighted by atomic mass is 9.80. The molecular formula is C28H37NO5. The lowest BCUT2D eigenvalue weighted by Gasteiger charge is -2.48. The van der Waals surface area contributed by atoms with Gasteiger partial charge in [-0.15, -0.1) is 0 Å². The molecule has 2 fully saturated rings. The van der Waals surface area contributed by atoms with Crippen LogP contribution in [0, 0.1) is 0 Å². The summed E-state index contributed by atoms with van der Waals surface area (Å²) in [5.74, 6) is 1.24.